The largest absolute Gasteiger partial charge is 0.497 e. The van der Waals surface area contributed by atoms with Crippen molar-refractivity contribution in [2.45, 2.75) is 6.92 Å². The lowest BCUT2D eigenvalue weighted by Crippen LogP contribution is -2.04. The fraction of sp³-hybridized carbons (Fsp3) is 0.133. The molecule has 0 aliphatic heterocycles. The maximum Gasteiger partial charge on any atom is 0.194 e. The highest BCUT2D eigenvalue weighted by molar-refractivity contribution is 9.10. The Morgan fingerprint density at radius 2 is 1.95 bits per heavy atom. The van der Waals surface area contributed by atoms with Gasteiger partial charge in [0.1, 0.15) is 5.75 Å². The van der Waals surface area contributed by atoms with E-state index in [0.29, 0.717) is 27.0 Å². The van der Waals surface area contributed by atoms with E-state index in [1.807, 2.05) is 13.0 Å². The van der Waals surface area contributed by atoms with Crippen LogP contribution in [-0.2, 0) is 0 Å². The van der Waals surface area contributed by atoms with Gasteiger partial charge in [0.05, 0.1) is 7.11 Å². The molecule has 2 aromatic carbocycles. The van der Waals surface area contributed by atoms with Crippen molar-refractivity contribution in [2.75, 3.05) is 12.8 Å². The second-order valence-corrected chi connectivity index (χ2v) is 5.10. The Kier molecular flexibility index (Phi) is 3.90. The number of carbonyl (C=O) groups is 1. The summed E-state index contributed by atoms with van der Waals surface area (Å²) in [6, 6.07) is 10.6. The molecule has 19 heavy (non-hydrogen) atoms. The van der Waals surface area contributed by atoms with Gasteiger partial charge in [0.15, 0.2) is 5.78 Å². The van der Waals surface area contributed by atoms with Crippen molar-refractivity contribution in [1.29, 1.82) is 0 Å². The molecule has 0 aliphatic carbocycles. The van der Waals surface area contributed by atoms with Gasteiger partial charge in [-0.05, 0) is 52.7 Å². The zero-order valence-electron chi connectivity index (χ0n) is 10.7. The minimum atomic E-state index is -0.0683. The summed E-state index contributed by atoms with van der Waals surface area (Å²) in [5, 5.41) is 0. The van der Waals surface area contributed by atoms with Crippen LogP contribution in [0, 0.1) is 6.92 Å². The highest BCUT2D eigenvalue weighted by Crippen LogP contribution is 2.26. The number of halogens is 1. The Bertz CT molecular complexity index is 638. The molecule has 0 heterocycles. The third kappa shape index (κ3) is 2.79. The number of ether oxygens (including phenoxy) is 1. The van der Waals surface area contributed by atoms with Crippen molar-refractivity contribution in [3.8, 4) is 5.75 Å². The predicted octanol–water partition coefficient (Wildman–Crippen LogP) is 3.58. The number of rotatable bonds is 3. The number of hydrogen-bond acceptors (Lipinski definition) is 3. The van der Waals surface area contributed by atoms with Crippen LogP contribution in [0.3, 0.4) is 0 Å². The quantitative estimate of drug-likeness (QED) is 0.695. The maximum absolute atomic E-state index is 12.4. The van der Waals surface area contributed by atoms with Gasteiger partial charge in [0, 0.05) is 21.3 Å². The lowest BCUT2D eigenvalue weighted by Gasteiger charge is -2.08. The molecule has 3 nitrogen and oxygen atoms in total. The molecule has 2 rings (SSSR count). The Labute approximate surface area is 120 Å². The van der Waals surface area contributed by atoms with Crippen LogP contribution in [0.15, 0.2) is 40.9 Å². The van der Waals surface area contributed by atoms with Gasteiger partial charge in [-0.3, -0.25) is 4.79 Å². The minimum Gasteiger partial charge on any atom is -0.497 e. The van der Waals surface area contributed by atoms with E-state index in [9.17, 15) is 4.79 Å². The van der Waals surface area contributed by atoms with Crippen molar-refractivity contribution in [3.63, 3.8) is 0 Å². The molecule has 0 atom stereocenters. The number of ketones is 1. The SMILES string of the molecule is COc1ccc(C(=O)c2ccc(C)c(N)c2)c(Br)c1. The van der Waals surface area contributed by atoms with E-state index < -0.39 is 0 Å². The molecule has 0 radical (unpaired) electrons. The average Bonchev–Trinajstić information content (AvgIpc) is 2.41. The van der Waals surface area contributed by atoms with Crippen molar-refractivity contribution in [1.82, 2.24) is 0 Å². The summed E-state index contributed by atoms with van der Waals surface area (Å²) in [6.45, 7) is 1.91. The molecule has 0 bridgehead atoms. The molecule has 0 aromatic heterocycles. The summed E-state index contributed by atoms with van der Waals surface area (Å²) in [4.78, 5) is 12.4. The maximum atomic E-state index is 12.4. The van der Waals surface area contributed by atoms with Gasteiger partial charge in [0.25, 0.3) is 0 Å². The number of nitrogens with two attached hydrogens (primary N) is 1. The highest BCUT2D eigenvalue weighted by atomic mass is 79.9. The van der Waals surface area contributed by atoms with Crippen LogP contribution < -0.4 is 10.5 Å². The van der Waals surface area contributed by atoms with E-state index in [1.54, 1.807) is 37.4 Å². The van der Waals surface area contributed by atoms with Crippen molar-refractivity contribution in [3.05, 3.63) is 57.6 Å². The predicted molar refractivity (Wildman–Crippen MR) is 79.7 cm³/mol. The van der Waals surface area contributed by atoms with Crippen molar-refractivity contribution >= 4 is 27.4 Å². The average molecular weight is 320 g/mol. The van der Waals surface area contributed by atoms with Gasteiger partial charge in [-0.1, -0.05) is 12.1 Å². The monoisotopic (exact) mass is 319 g/mol. The summed E-state index contributed by atoms with van der Waals surface area (Å²) in [5.74, 6) is 0.632. The zero-order chi connectivity index (χ0) is 14.0. The first-order valence-electron chi connectivity index (χ1n) is 5.77. The molecular weight excluding hydrogens is 306 g/mol. The Morgan fingerprint density at radius 3 is 2.53 bits per heavy atom. The van der Waals surface area contributed by atoms with Gasteiger partial charge in [-0.2, -0.15) is 0 Å². The number of methoxy groups -OCH3 is 1. The van der Waals surface area contributed by atoms with Crippen LogP contribution in [0.1, 0.15) is 21.5 Å². The number of aryl methyl sites for hydroxylation is 1. The van der Waals surface area contributed by atoms with Crippen LogP contribution in [-0.4, -0.2) is 12.9 Å². The molecule has 0 saturated heterocycles. The smallest absolute Gasteiger partial charge is 0.194 e. The van der Waals surface area contributed by atoms with Crippen LogP contribution in [0.4, 0.5) is 5.69 Å². The first-order chi connectivity index (χ1) is 9.02. The fourth-order valence-corrected chi connectivity index (χ4v) is 2.28. The number of nitrogen functional groups attached to an aromatic ring is 1. The second kappa shape index (κ2) is 5.45. The Hall–Kier alpha value is -1.81. The van der Waals surface area contributed by atoms with Crippen LogP contribution in [0.2, 0.25) is 0 Å². The second-order valence-electron chi connectivity index (χ2n) is 4.25. The molecule has 0 saturated carbocycles. The first-order valence-corrected chi connectivity index (χ1v) is 6.56. The lowest BCUT2D eigenvalue weighted by molar-refractivity contribution is 0.103. The molecule has 0 unspecified atom stereocenters. The molecule has 98 valence electrons. The summed E-state index contributed by atoms with van der Waals surface area (Å²) in [6.07, 6.45) is 0. The molecule has 0 amide bonds. The van der Waals surface area contributed by atoms with E-state index in [2.05, 4.69) is 15.9 Å². The molecule has 2 aromatic rings. The van der Waals surface area contributed by atoms with Crippen LogP contribution in [0.25, 0.3) is 0 Å². The topological polar surface area (TPSA) is 52.3 Å². The lowest BCUT2D eigenvalue weighted by atomic mass is 10.0. The molecule has 0 aliphatic rings. The molecule has 0 spiro atoms. The van der Waals surface area contributed by atoms with Gasteiger partial charge in [-0.15, -0.1) is 0 Å². The number of hydrogen-bond donors (Lipinski definition) is 1. The number of anilines is 1. The van der Waals surface area contributed by atoms with Crippen LogP contribution >= 0.6 is 15.9 Å². The van der Waals surface area contributed by atoms with E-state index >= 15 is 0 Å². The normalized spacial score (nSPS) is 10.3. The number of carbonyl (C=O) groups excluding carboxylic acids is 1. The van der Waals surface area contributed by atoms with E-state index in [0.717, 1.165) is 5.56 Å². The van der Waals surface area contributed by atoms with E-state index in [4.69, 9.17) is 10.5 Å². The Balaban J connectivity index is 2.41. The third-order valence-electron chi connectivity index (χ3n) is 2.96. The summed E-state index contributed by atoms with van der Waals surface area (Å²) >= 11 is 3.39. The molecule has 4 heteroatoms. The highest BCUT2D eigenvalue weighted by Gasteiger charge is 2.14. The van der Waals surface area contributed by atoms with Gasteiger partial charge >= 0.3 is 0 Å². The number of benzene rings is 2. The fourth-order valence-electron chi connectivity index (χ4n) is 1.74. The van der Waals surface area contributed by atoms with Gasteiger partial charge in [-0.25, -0.2) is 0 Å². The van der Waals surface area contributed by atoms with Gasteiger partial charge in [0.2, 0.25) is 0 Å². The molecule has 2 N–H and O–H groups in total. The zero-order valence-corrected chi connectivity index (χ0v) is 12.3. The van der Waals surface area contributed by atoms with E-state index in [-0.39, 0.29) is 5.78 Å². The molecule has 0 fully saturated rings. The third-order valence-corrected chi connectivity index (χ3v) is 3.62. The summed E-state index contributed by atoms with van der Waals surface area (Å²) < 4.78 is 5.81. The van der Waals surface area contributed by atoms with E-state index in [1.165, 1.54) is 0 Å². The summed E-state index contributed by atoms with van der Waals surface area (Å²) in [7, 11) is 1.59. The Morgan fingerprint density at radius 1 is 1.21 bits per heavy atom. The standard InChI is InChI=1S/C15H14BrNO2/c1-9-3-4-10(7-14(9)17)15(18)12-6-5-11(19-2)8-13(12)16/h3-8H,17H2,1-2H3. The van der Waals surface area contributed by atoms with Crippen molar-refractivity contribution in [2.24, 2.45) is 0 Å². The molecular formula is C15H14BrNO2. The van der Waals surface area contributed by atoms with Crippen molar-refractivity contribution < 1.29 is 9.53 Å². The summed E-state index contributed by atoms with van der Waals surface area (Å²) in [5.41, 5.74) is 8.59. The first kappa shape index (κ1) is 13.6. The van der Waals surface area contributed by atoms with Crippen LogP contribution in [0.5, 0.6) is 5.75 Å². The minimum absolute atomic E-state index is 0.0683. The van der Waals surface area contributed by atoms with Gasteiger partial charge < -0.3 is 10.5 Å².